The molecule has 1 rings (SSSR count). The van der Waals surface area contributed by atoms with Crippen LogP contribution in [0.3, 0.4) is 0 Å². The third-order valence-electron chi connectivity index (χ3n) is 2.48. The Morgan fingerprint density at radius 2 is 2.30 bits per heavy atom. The Morgan fingerprint density at radius 3 is 2.90 bits per heavy atom. The van der Waals surface area contributed by atoms with Gasteiger partial charge >= 0.3 is 0 Å². The van der Waals surface area contributed by atoms with Gasteiger partial charge in [0.2, 0.25) is 0 Å². The second-order valence-corrected chi connectivity index (χ2v) is 4.46. The van der Waals surface area contributed by atoms with Crippen LogP contribution >= 0.6 is 11.6 Å². The van der Waals surface area contributed by atoms with Gasteiger partial charge in [0.15, 0.2) is 0 Å². The van der Waals surface area contributed by atoms with Gasteiger partial charge in [0.05, 0.1) is 5.02 Å². The van der Waals surface area contributed by atoms with Gasteiger partial charge in [-0.25, -0.2) is 4.39 Å². The average Bonchev–Trinajstić information content (AvgIpc) is 2.43. The highest BCUT2D eigenvalue weighted by Crippen LogP contribution is 2.19. The molecule has 1 aromatic rings. The molecule has 1 aromatic carbocycles. The van der Waals surface area contributed by atoms with Crippen molar-refractivity contribution in [3.8, 4) is 6.07 Å². The summed E-state index contributed by atoms with van der Waals surface area (Å²) >= 11 is 5.63. The first kappa shape index (κ1) is 16.0. The summed E-state index contributed by atoms with van der Waals surface area (Å²) in [5.41, 5.74) is 0.437. The van der Waals surface area contributed by atoms with Crippen molar-refractivity contribution in [2.75, 3.05) is 11.9 Å². The lowest BCUT2D eigenvalue weighted by molar-refractivity contribution is -0.117. The minimum atomic E-state index is -0.529. The second kappa shape index (κ2) is 8.18. The SMILES string of the molecule is CCCCNC(=O)/C(C#N)=C\Nc1ccc(F)c(Cl)c1. The first-order valence-electron chi connectivity index (χ1n) is 6.18. The standard InChI is InChI=1S/C14H15ClFN3O/c1-2-3-6-18-14(20)10(8-17)9-19-11-4-5-13(16)12(15)7-11/h4-5,7,9,19H,2-3,6H2,1H3,(H,18,20)/b10-9-. The monoisotopic (exact) mass is 295 g/mol. The van der Waals surface area contributed by atoms with E-state index in [1.165, 1.54) is 24.4 Å². The van der Waals surface area contributed by atoms with Crippen LogP contribution in [-0.4, -0.2) is 12.5 Å². The number of nitrogens with zero attached hydrogens (tertiary/aromatic N) is 1. The van der Waals surface area contributed by atoms with E-state index in [1.54, 1.807) is 6.07 Å². The van der Waals surface area contributed by atoms with Gasteiger partial charge in [0.1, 0.15) is 17.5 Å². The highest BCUT2D eigenvalue weighted by molar-refractivity contribution is 6.31. The molecule has 0 aliphatic carbocycles. The lowest BCUT2D eigenvalue weighted by Crippen LogP contribution is -2.25. The number of nitrogens with one attached hydrogen (secondary N) is 2. The zero-order valence-electron chi connectivity index (χ0n) is 11.0. The minimum absolute atomic E-state index is 0.0331. The number of carbonyl (C=O) groups is 1. The van der Waals surface area contributed by atoms with Crippen LogP contribution in [0.5, 0.6) is 0 Å². The normalized spacial score (nSPS) is 10.8. The van der Waals surface area contributed by atoms with Crippen LogP contribution in [0.25, 0.3) is 0 Å². The van der Waals surface area contributed by atoms with Gasteiger partial charge in [-0.2, -0.15) is 5.26 Å². The molecule has 0 aliphatic heterocycles. The molecule has 4 nitrogen and oxygen atoms in total. The van der Waals surface area contributed by atoms with Gasteiger partial charge in [-0.05, 0) is 24.6 Å². The molecule has 0 heterocycles. The number of unbranched alkanes of at least 4 members (excludes halogenated alkanes) is 1. The Hall–Kier alpha value is -2.06. The Kier molecular flexibility index (Phi) is 6.54. The summed E-state index contributed by atoms with van der Waals surface area (Å²) < 4.78 is 13.0. The predicted molar refractivity (Wildman–Crippen MR) is 76.6 cm³/mol. The van der Waals surface area contributed by atoms with Crippen LogP contribution in [0, 0.1) is 17.1 Å². The van der Waals surface area contributed by atoms with E-state index in [4.69, 9.17) is 16.9 Å². The number of hydrogen-bond acceptors (Lipinski definition) is 3. The molecule has 0 atom stereocenters. The molecule has 0 radical (unpaired) electrons. The van der Waals surface area contributed by atoms with Crippen LogP contribution in [0.15, 0.2) is 30.0 Å². The predicted octanol–water partition coefficient (Wildman–Crippen LogP) is 3.21. The van der Waals surface area contributed by atoms with Crippen LogP contribution in [0.4, 0.5) is 10.1 Å². The van der Waals surface area contributed by atoms with Gasteiger partial charge in [0.25, 0.3) is 5.91 Å². The van der Waals surface area contributed by atoms with E-state index in [-0.39, 0.29) is 10.6 Å². The molecule has 0 aliphatic rings. The summed E-state index contributed by atoms with van der Waals surface area (Å²) in [6, 6.07) is 5.84. The van der Waals surface area contributed by atoms with E-state index in [0.717, 1.165) is 12.8 Å². The molecule has 0 saturated carbocycles. The number of hydrogen-bond donors (Lipinski definition) is 2. The van der Waals surface area contributed by atoms with Crippen molar-refractivity contribution >= 4 is 23.2 Å². The Labute approximate surface area is 122 Å². The van der Waals surface area contributed by atoms with Crippen molar-refractivity contribution < 1.29 is 9.18 Å². The molecular weight excluding hydrogens is 281 g/mol. The lowest BCUT2D eigenvalue weighted by Gasteiger charge is -2.05. The molecule has 0 unspecified atom stereocenters. The van der Waals surface area contributed by atoms with Crippen molar-refractivity contribution in [1.82, 2.24) is 5.32 Å². The molecule has 6 heteroatoms. The number of carbonyl (C=O) groups excluding carboxylic acids is 1. The third kappa shape index (κ3) is 4.90. The quantitative estimate of drug-likeness (QED) is 0.481. The largest absolute Gasteiger partial charge is 0.360 e. The van der Waals surface area contributed by atoms with Crippen molar-refractivity contribution in [2.24, 2.45) is 0 Å². The summed E-state index contributed by atoms with van der Waals surface area (Å²) in [7, 11) is 0. The Bertz CT molecular complexity index is 552. The Balaban J connectivity index is 2.67. The van der Waals surface area contributed by atoms with Crippen LogP contribution < -0.4 is 10.6 Å². The number of nitriles is 1. The molecule has 0 bridgehead atoms. The molecule has 1 amide bonds. The first-order valence-corrected chi connectivity index (χ1v) is 6.56. The van der Waals surface area contributed by atoms with Crippen molar-refractivity contribution in [3.05, 3.63) is 40.8 Å². The third-order valence-corrected chi connectivity index (χ3v) is 2.77. The molecule has 0 saturated heterocycles. The summed E-state index contributed by atoms with van der Waals surface area (Å²) in [5.74, 6) is -0.972. The van der Waals surface area contributed by atoms with E-state index < -0.39 is 11.7 Å². The van der Waals surface area contributed by atoms with Crippen LogP contribution in [0.2, 0.25) is 5.02 Å². The van der Waals surface area contributed by atoms with Gasteiger partial charge < -0.3 is 10.6 Å². The van der Waals surface area contributed by atoms with E-state index in [1.807, 2.05) is 6.92 Å². The fourth-order valence-electron chi connectivity index (χ4n) is 1.36. The van der Waals surface area contributed by atoms with Gasteiger partial charge in [0, 0.05) is 18.4 Å². The van der Waals surface area contributed by atoms with E-state index >= 15 is 0 Å². The number of rotatable bonds is 6. The lowest BCUT2D eigenvalue weighted by atomic mass is 10.2. The maximum Gasteiger partial charge on any atom is 0.263 e. The maximum atomic E-state index is 13.0. The Morgan fingerprint density at radius 1 is 1.55 bits per heavy atom. The fourth-order valence-corrected chi connectivity index (χ4v) is 1.54. The maximum absolute atomic E-state index is 13.0. The highest BCUT2D eigenvalue weighted by Gasteiger charge is 2.07. The molecule has 0 fully saturated rings. The number of amides is 1. The molecule has 20 heavy (non-hydrogen) atoms. The zero-order valence-corrected chi connectivity index (χ0v) is 11.8. The zero-order chi connectivity index (χ0) is 15.0. The average molecular weight is 296 g/mol. The number of halogens is 2. The number of benzene rings is 1. The molecule has 0 aromatic heterocycles. The van der Waals surface area contributed by atoms with Gasteiger partial charge in [-0.15, -0.1) is 0 Å². The van der Waals surface area contributed by atoms with Crippen molar-refractivity contribution in [2.45, 2.75) is 19.8 Å². The summed E-state index contributed by atoms with van der Waals surface area (Å²) in [4.78, 5) is 11.7. The van der Waals surface area contributed by atoms with Crippen LogP contribution in [-0.2, 0) is 4.79 Å². The van der Waals surface area contributed by atoms with Crippen molar-refractivity contribution in [1.29, 1.82) is 5.26 Å². The van der Waals surface area contributed by atoms with Crippen LogP contribution in [0.1, 0.15) is 19.8 Å². The van der Waals surface area contributed by atoms with Gasteiger partial charge in [-0.1, -0.05) is 24.9 Å². The van der Waals surface area contributed by atoms with E-state index in [0.29, 0.717) is 12.2 Å². The molecule has 0 spiro atoms. The smallest absolute Gasteiger partial charge is 0.263 e. The summed E-state index contributed by atoms with van der Waals surface area (Å²) in [6.07, 6.45) is 3.08. The fraction of sp³-hybridized carbons (Fsp3) is 0.286. The minimum Gasteiger partial charge on any atom is -0.360 e. The number of anilines is 1. The summed E-state index contributed by atoms with van der Waals surface area (Å²) in [5, 5.41) is 14.3. The van der Waals surface area contributed by atoms with Crippen molar-refractivity contribution in [3.63, 3.8) is 0 Å². The molecule has 2 N–H and O–H groups in total. The molecular formula is C14H15ClFN3O. The molecule has 106 valence electrons. The van der Waals surface area contributed by atoms with Gasteiger partial charge in [-0.3, -0.25) is 4.79 Å². The van der Waals surface area contributed by atoms with E-state index in [9.17, 15) is 9.18 Å². The summed E-state index contributed by atoms with van der Waals surface area (Å²) in [6.45, 7) is 2.53. The second-order valence-electron chi connectivity index (χ2n) is 4.05. The first-order chi connectivity index (χ1) is 9.58. The van der Waals surface area contributed by atoms with E-state index in [2.05, 4.69) is 10.6 Å². The topological polar surface area (TPSA) is 64.9 Å². The highest BCUT2D eigenvalue weighted by atomic mass is 35.5.